The topological polar surface area (TPSA) is 133 Å². The number of aliphatic hydroxyl groups is 1. The van der Waals surface area contributed by atoms with Crippen LogP contribution in [0.5, 0.6) is 5.75 Å². The van der Waals surface area contributed by atoms with Crippen molar-refractivity contribution >= 4 is 38.7 Å². The van der Waals surface area contributed by atoms with Gasteiger partial charge in [-0.25, -0.2) is 4.98 Å². The van der Waals surface area contributed by atoms with E-state index in [0.29, 0.717) is 22.7 Å². The molecule has 1 fully saturated rings. The summed E-state index contributed by atoms with van der Waals surface area (Å²) in [6.07, 6.45) is 2.51. The van der Waals surface area contributed by atoms with Crippen LogP contribution in [0.3, 0.4) is 0 Å². The van der Waals surface area contributed by atoms with Crippen molar-refractivity contribution in [1.29, 1.82) is 0 Å². The molecule has 0 spiro atoms. The molecule has 10 heteroatoms. The van der Waals surface area contributed by atoms with Gasteiger partial charge in [-0.3, -0.25) is 10.1 Å². The Bertz CT molecular complexity index is 1180. The van der Waals surface area contributed by atoms with E-state index < -0.39 is 10.1 Å². The summed E-state index contributed by atoms with van der Waals surface area (Å²) >= 11 is 0. The molecule has 2 aromatic carbocycles. The van der Waals surface area contributed by atoms with E-state index in [0.717, 1.165) is 19.3 Å². The molecule has 31 heavy (non-hydrogen) atoms. The Morgan fingerprint density at radius 2 is 2.00 bits per heavy atom. The van der Waals surface area contributed by atoms with Gasteiger partial charge in [0.1, 0.15) is 10.6 Å². The Kier molecular flexibility index (Phi) is 5.84. The van der Waals surface area contributed by atoms with Gasteiger partial charge in [0, 0.05) is 23.7 Å². The quantitative estimate of drug-likeness (QED) is 0.373. The summed E-state index contributed by atoms with van der Waals surface area (Å²) in [6, 6.07) is 10.7. The van der Waals surface area contributed by atoms with Crippen LogP contribution in [-0.2, 0) is 14.9 Å². The normalized spacial score (nSPS) is 14.9. The molecule has 1 aromatic heterocycles. The molecule has 1 aliphatic carbocycles. The highest BCUT2D eigenvalue weighted by Crippen LogP contribution is 2.30. The number of hydrogen-bond acceptors (Lipinski definition) is 7. The van der Waals surface area contributed by atoms with Crippen LogP contribution in [0, 0.1) is 5.92 Å². The van der Waals surface area contributed by atoms with E-state index in [2.05, 4.69) is 20.6 Å². The van der Waals surface area contributed by atoms with Crippen LogP contribution in [0.2, 0.25) is 0 Å². The lowest BCUT2D eigenvalue weighted by Crippen LogP contribution is -2.22. The zero-order valence-corrected chi connectivity index (χ0v) is 17.8. The standard InChI is InChI=1S/C21H24N4O5S/c1-2-14(12-26)22-15-5-8-17(9-6-15)31(28,29)30-16-7-10-18-19(11-16)24-21(23-18)25-20(27)13-3-4-13/h5-11,13-14,22,26H,2-4,12H2,1H3,(H2,23,24,25,27). The van der Waals surface area contributed by atoms with Gasteiger partial charge in [0.05, 0.1) is 17.6 Å². The van der Waals surface area contributed by atoms with Gasteiger partial charge in [0.2, 0.25) is 11.9 Å². The molecule has 0 bridgehead atoms. The minimum Gasteiger partial charge on any atom is -0.394 e. The number of benzene rings is 2. The van der Waals surface area contributed by atoms with E-state index in [4.69, 9.17) is 4.18 Å². The summed E-state index contributed by atoms with van der Waals surface area (Å²) in [5.41, 5.74) is 1.84. The number of imidazole rings is 1. The first-order valence-electron chi connectivity index (χ1n) is 10.1. The average molecular weight is 445 g/mol. The third-order valence-corrected chi connectivity index (χ3v) is 6.34. The van der Waals surface area contributed by atoms with Crippen molar-refractivity contribution in [3.63, 3.8) is 0 Å². The number of aliphatic hydroxyl groups excluding tert-OH is 1. The molecule has 1 amide bonds. The van der Waals surface area contributed by atoms with E-state index in [1.807, 2.05) is 6.92 Å². The molecule has 0 saturated heterocycles. The fourth-order valence-electron chi connectivity index (χ4n) is 3.07. The summed E-state index contributed by atoms with van der Waals surface area (Å²) in [4.78, 5) is 19.2. The van der Waals surface area contributed by atoms with Gasteiger partial charge in [-0.2, -0.15) is 8.42 Å². The van der Waals surface area contributed by atoms with Crippen LogP contribution in [0.15, 0.2) is 47.4 Å². The Morgan fingerprint density at radius 3 is 2.65 bits per heavy atom. The minimum absolute atomic E-state index is 0.00890. The lowest BCUT2D eigenvalue weighted by molar-refractivity contribution is -0.117. The van der Waals surface area contributed by atoms with E-state index in [1.165, 1.54) is 24.3 Å². The van der Waals surface area contributed by atoms with Gasteiger partial charge in [0.15, 0.2) is 0 Å². The number of aromatic amines is 1. The number of fused-ring (bicyclic) bond motifs is 1. The molecule has 4 N–H and O–H groups in total. The number of rotatable bonds is 9. The van der Waals surface area contributed by atoms with Crippen LogP contribution in [0.4, 0.5) is 11.6 Å². The van der Waals surface area contributed by atoms with Gasteiger partial charge < -0.3 is 19.6 Å². The van der Waals surface area contributed by atoms with E-state index in [1.54, 1.807) is 18.2 Å². The highest BCUT2D eigenvalue weighted by atomic mass is 32.2. The van der Waals surface area contributed by atoms with Gasteiger partial charge in [-0.1, -0.05) is 6.92 Å². The largest absolute Gasteiger partial charge is 0.394 e. The van der Waals surface area contributed by atoms with Gasteiger partial charge in [-0.15, -0.1) is 0 Å². The number of hydrogen-bond donors (Lipinski definition) is 4. The van der Waals surface area contributed by atoms with Crippen molar-refractivity contribution in [3.8, 4) is 5.75 Å². The molecule has 4 rings (SSSR count). The number of carbonyl (C=O) groups excluding carboxylic acids is 1. The summed E-state index contributed by atoms with van der Waals surface area (Å²) in [6.45, 7) is 1.93. The maximum Gasteiger partial charge on any atom is 0.339 e. The molecule has 164 valence electrons. The SMILES string of the molecule is CCC(CO)Nc1ccc(S(=O)(=O)Oc2ccc3[nH]c(NC(=O)C4CC4)nc3c2)cc1. The fraction of sp³-hybridized carbons (Fsp3) is 0.333. The molecule has 1 atom stereocenters. The molecule has 3 aromatic rings. The second-order valence-corrected chi connectivity index (χ2v) is 9.07. The van der Waals surface area contributed by atoms with Crippen molar-refractivity contribution in [2.75, 3.05) is 17.2 Å². The first-order chi connectivity index (χ1) is 14.9. The van der Waals surface area contributed by atoms with Gasteiger partial charge >= 0.3 is 10.1 Å². The third-order valence-electron chi connectivity index (χ3n) is 5.08. The molecular weight excluding hydrogens is 420 g/mol. The van der Waals surface area contributed by atoms with Gasteiger partial charge in [-0.05, 0) is 55.7 Å². The number of H-pyrrole nitrogens is 1. The van der Waals surface area contributed by atoms with Gasteiger partial charge in [0.25, 0.3) is 0 Å². The van der Waals surface area contributed by atoms with Crippen molar-refractivity contribution in [1.82, 2.24) is 9.97 Å². The van der Waals surface area contributed by atoms with Crippen LogP contribution >= 0.6 is 0 Å². The molecule has 9 nitrogen and oxygen atoms in total. The molecule has 1 saturated carbocycles. The number of nitrogens with one attached hydrogen (secondary N) is 3. The first kappa shape index (κ1) is 21.1. The molecule has 0 radical (unpaired) electrons. The minimum atomic E-state index is -4.04. The number of anilines is 2. The molecule has 0 aliphatic heterocycles. The first-order valence-corrected chi connectivity index (χ1v) is 11.5. The Labute approximate surface area is 180 Å². The number of aromatic nitrogens is 2. The zero-order valence-electron chi connectivity index (χ0n) is 17.0. The third kappa shape index (κ3) is 4.97. The molecule has 1 heterocycles. The number of carbonyl (C=O) groups is 1. The molecule has 1 aliphatic rings. The lowest BCUT2D eigenvalue weighted by atomic mass is 10.2. The maximum absolute atomic E-state index is 12.6. The molecule has 1 unspecified atom stereocenters. The second-order valence-electron chi connectivity index (χ2n) is 7.52. The highest BCUT2D eigenvalue weighted by Gasteiger charge is 2.30. The summed E-state index contributed by atoms with van der Waals surface area (Å²) in [7, 11) is -4.04. The van der Waals surface area contributed by atoms with Crippen molar-refractivity contribution < 1.29 is 22.5 Å². The summed E-state index contributed by atoms with van der Waals surface area (Å²) < 4.78 is 30.6. The highest BCUT2D eigenvalue weighted by molar-refractivity contribution is 7.87. The van der Waals surface area contributed by atoms with E-state index in [-0.39, 0.29) is 35.1 Å². The number of amides is 1. The van der Waals surface area contributed by atoms with Crippen molar-refractivity contribution in [3.05, 3.63) is 42.5 Å². The summed E-state index contributed by atoms with van der Waals surface area (Å²) in [5, 5.41) is 15.1. The smallest absolute Gasteiger partial charge is 0.339 e. The van der Waals surface area contributed by atoms with E-state index >= 15 is 0 Å². The predicted molar refractivity (Wildman–Crippen MR) is 116 cm³/mol. The van der Waals surface area contributed by atoms with E-state index in [9.17, 15) is 18.3 Å². The van der Waals surface area contributed by atoms with Crippen LogP contribution in [0.1, 0.15) is 26.2 Å². The number of nitrogens with zero attached hydrogens (tertiary/aromatic N) is 1. The summed E-state index contributed by atoms with van der Waals surface area (Å²) in [5.74, 6) is 0.423. The average Bonchev–Trinajstić information content (AvgIpc) is 3.53. The fourth-order valence-corrected chi connectivity index (χ4v) is 3.99. The predicted octanol–water partition coefficient (Wildman–Crippen LogP) is 2.86. The lowest BCUT2D eigenvalue weighted by Gasteiger charge is -2.15. The van der Waals surface area contributed by atoms with Crippen molar-refractivity contribution in [2.45, 2.75) is 37.1 Å². The maximum atomic E-state index is 12.6. The Hall–Kier alpha value is -3.11. The van der Waals surface area contributed by atoms with Crippen molar-refractivity contribution in [2.24, 2.45) is 5.92 Å². The zero-order chi connectivity index (χ0) is 22.0. The molecular formula is C21H24N4O5S. The monoisotopic (exact) mass is 444 g/mol. The second kappa shape index (κ2) is 8.56. The Balaban J connectivity index is 1.47. The van der Waals surface area contributed by atoms with Crippen LogP contribution in [0.25, 0.3) is 11.0 Å². The van der Waals surface area contributed by atoms with Crippen LogP contribution in [-0.4, -0.2) is 42.0 Å². The Morgan fingerprint density at radius 1 is 1.26 bits per heavy atom. The van der Waals surface area contributed by atoms with Crippen LogP contribution < -0.4 is 14.8 Å².